The number of hydrogen-bond acceptors (Lipinski definition) is 9. The van der Waals surface area contributed by atoms with Crippen LogP contribution in [0.4, 0.5) is 12.0 Å². The Morgan fingerprint density at radius 3 is 2.07 bits per heavy atom. The molecule has 6 heterocycles. The smallest absolute Gasteiger partial charge is 0.295 e. The van der Waals surface area contributed by atoms with Crippen LogP contribution in [-0.2, 0) is 9.59 Å². The number of imidazole rings is 3. The SMILES string of the molecule is CC(C)C(Nc1ncc[nH]1)C(=O)N1CCCC1c1ncc(-c2ccc3cc(-c4ccc5nc(C6CCCN6C(=O)C(Nc6ncco6)C(C)C)[nH]c5c4)ccc3c2)[nH]1. The number of carbonyl (C=O) groups excluding carboxylic acids is 2. The molecule has 2 amide bonds. The number of likely N-dealkylation sites (tertiary alicyclic amines) is 2. The van der Waals surface area contributed by atoms with Crippen LogP contribution in [0.5, 0.6) is 0 Å². The summed E-state index contributed by atoms with van der Waals surface area (Å²) < 4.78 is 5.39. The molecule has 5 N–H and O–H groups in total. The van der Waals surface area contributed by atoms with Gasteiger partial charge in [-0.05, 0) is 83.7 Å². The van der Waals surface area contributed by atoms with E-state index in [4.69, 9.17) is 14.4 Å². The van der Waals surface area contributed by atoms with Crippen molar-refractivity contribution in [2.24, 2.45) is 11.8 Å². The second kappa shape index (κ2) is 15.5. The number of nitrogens with zero attached hydrogens (tertiary/aromatic N) is 6. The molecular weight excluding hydrogens is 731 g/mol. The molecule has 14 heteroatoms. The van der Waals surface area contributed by atoms with E-state index >= 15 is 0 Å². The van der Waals surface area contributed by atoms with Gasteiger partial charge >= 0.3 is 0 Å². The summed E-state index contributed by atoms with van der Waals surface area (Å²) in [4.78, 5) is 60.0. The average molecular weight is 780 g/mol. The third-order valence-corrected chi connectivity index (χ3v) is 11.7. The number of aromatic nitrogens is 7. The predicted octanol–water partition coefficient (Wildman–Crippen LogP) is 8.08. The highest BCUT2D eigenvalue weighted by Crippen LogP contribution is 2.36. The Kier molecular flexibility index (Phi) is 9.92. The lowest BCUT2D eigenvalue weighted by Gasteiger charge is -2.30. The third-order valence-electron chi connectivity index (χ3n) is 11.7. The van der Waals surface area contributed by atoms with Crippen molar-refractivity contribution in [2.45, 2.75) is 77.5 Å². The monoisotopic (exact) mass is 779 g/mol. The summed E-state index contributed by atoms with van der Waals surface area (Å²) in [6, 6.07) is 18.5. The van der Waals surface area contributed by atoms with Crippen molar-refractivity contribution in [1.29, 1.82) is 0 Å². The molecule has 2 saturated heterocycles. The molecule has 0 bridgehead atoms. The van der Waals surface area contributed by atoms with Gasteiger partial charge in [-0.25, -0.2) is 19.9 Å². The van der Waals surface area contributed by atoms with Crippen LogP contribution in [0.3, 0.4) is 0 Å². The number of benzene rings is 3. The number of nitrogens with one attached hydrogen (secondary N) is 5. The third kappa shape index (κ3) is 7.18. The Hall–Kier alpha value is -6.44. The minimum absolute atomic E-state index is 0.0199. The zero-order valence-corrected chi connectivity index (χ0v) is 33.2. The predicted molar refractivity (Wildman–Crippen MR) is 224 cm³/mol. The van der Waals surface area contributed by atoms with E-state index < -0.39 is 12.1 Å². The van der Waals surface area contributed by atoms with Crippen molar-refractivity contribution in [3.63, 3.8) is 0 Å². The van der Waals surface area contributed by atoms with Crippen molar-refractivity contribution in [3.05, 3.63) is 97.3 Å². The van der Waals surface area contributed by atoms with E-state index in [1.165, 1.54) is 6.26 Å². The fourth-order valence-electron chi connectivity index (χ4n) is 8.55. The zero-order valence-electron chi connectivity index (χ0n) is 33.2. The number of aromatic amines is 3. The highest BCUT2D eigenvalue weighted by molar-refractivity contribution is 5.92. The fourth-order valence-corrected chi connectivity index (χ4v) is 8.55. The maximum absolute atomic E-state index is 13.9. The number of rotatable bonds is 12. The van der Waals surface area contributed by atoms with Gasteiger partial charge < -0.3 is 39.8 Å². The Balaban J connectivity index is 0.905. The molecule has 9 rings (SSSR count). The van der Waals surface area contributed by atoms with Crippen molar-refractivity contribution >= 4 is 45.6 Å². The molecule has 58 heavy (non-hydrogen) atoms. The van der Waals surface area contributed by atoms with Gasteiger partial charge in [0.25, 0.3) is 6.01 Å². The van der Waals surface area contributed by atoms with Crippen LogP contribution in [0.1, 0.15) is 77.1 Å². The fraction of sp³-hybridized carbons (Fsp3) is 0.364. The Labute approximate surface area is 336 Å². The lowest BCUT2D eigenvalue weighted by atomic mass is 9.99. The van der Waals surface area contributed by atoms with Crippen LogP contribution in [-0.4, -0.2) is 81.7 Å². The molecule has 4 unspecified atom stereocenters. The minimum atomic E-state index is -0.462. The quantitative estimate of drug-likeness (QED) is 0.0821. The molecule has 14 nitrogen and oxygen atoms in total. The molecule has 4 aromatic heterocycles. The van der Waals surface area contributed by atoms with Gasteiger partial charge in [-0.2, -0.15) is 0 Å². The molecule has 0 saturated carbocycles. The molecule has 298 valence electrons. The Morgan fingerprint density at radius 2 is 1.40 bits per heavy atom. The molecule has 4 atom stereocenters. The molecule has 2 aliphatic heterocycles. The number of fused-ring (bicyclic) bond motifs is 2. The number of hydrogen-bond donors (Lipinski definition) is 5. The van der Waals surface area contributed by atoms with Gasteiger partial charge in [-0.15, -0.1) is 0 Å². The van der Waals surface area contributed by atoms with E-state index in [0.29, 0.717) is 25.1 Å². The van der Waals surface area contributed by atoms with Crippen molar-refractivity contribution in [3.8, 4) is 22.4 Å². The maximum Gasteiger partial charge on any atom is 0.295 e. The number of anilines is 2. The van der Waals surface area contributed by atoms with Gasteiger partial charge in [-0.1, -0.05) is 58.0 Å². The van der Waals surface area contributed by atoms with E-state index in [2.05, 4.69) is 84.1 Å². The largest absolute Gasteiger partial charge is 0.432 e. The normalized spacial score (nSPS) is 18.2. The molecule has 0 radical (unpaired) electrons. The van der Waals surface area contributed by atoms with Crippen LogP contribution in [0.2, 0.25) is 0 Å². The summed E-state index contributed by atoms with van der Waals surface area (Å²) in [6.07, 6.45) is 11.9. The molecule has 0 aliphatic carbocycles. The number of carbonyl (C=O) groups is 2. The van der Waals surface area contributed by atoms with Crippen LogP contribution >= 0.6 is 0 Å². The maximum atomic E-state index is 13.9. The zero-order chi connectivity index (χ0) is 39.9. The van der Waals surface area contributed by atoms with E-state index in [9.17, 15) is 9.59 Å². The van der Waals surface area contributed by atoms with Gasteiger partial charge in [0.1, 0.15) is 30.0 Å². The highest BCUT2D eigenvalue weighted by Gasteiger charge is 2.38. The van der Waals surface area contributed by atoms with Crippen LogP contribution in [0.15, 0.2) is 90.1 Å². The average Bonchev–Trinajstić information content (AvgIpc) is 4.08. The first-order valence-corrected chi connectivity index (χ1v) is 20.3. The van der Waals surface area contributed by atoms with Crippen molar-refractivity contribution in [1.82, 2.24) is 44.7 Å². The van der Waals surface area contributed by atoms with Gasteiger partial charge in [-0.3, -0.25) is 9.59 Å². The molecule has 2 fully saturated rings. The van der Waals surface area contributed by atoms with Crippen LogP contribution < -0.4 is 10.6 Å². The first-order chi connectivity index (χ1) is 28.2. The lowest BCUT2D eigenvalue weighted by Crippen LogP contribution is -2.45. The second-order valence-corrected chi connectivity index (χ2v) is 16.2. The number of amides is 2. The molecule has 3 aromatic carbocycles. The van der Waals surface area contributed by atoms with Crippen molar-refractivity contribution < 1.29 is 14.0 Å². The first-order valence-electron chi connectivity index (χ1n) is 20.3. The van der Waals surface area contributed by atoms with Crippen molar-refractivity contribution in [2.75, 3.05) is 23.7 Å². The number of oxazole rings is 1. The molecule has 2 aliphatic rings. The lowest BCUT2D eigenvalue weighted by molar-refractivity contribution is -0.134. The minimum Gasteiger partial charge on any atom is -0.432 e. The van der Waals surface area contributed by atoms with Crippen LogP contribution in [0.25, 0.3) is 44.2 Å². The number of H-pyrrole nitrogens is 3. The Morgan fingerprint density at radius 1 is 0.741 bits per heavy atom. The summed E-state index contributed by atoms with van der Waals surface area (Å²) in [5, 5.41) is 8.73. The highest BCUT2D eigenvalue weighted by atomic mass is 16.4. The van der Waals surface area contributed by atoms with E-state index in [0.717, 1.165) is 81.5 Å². The van der Waals surface area contributed by atoms with Gasteiger partial charge in [0.15, 0.2) is 0 Å². The molecule has 7 aromatic rings. The summed E-state index contributed by atoms with van der Waals surface area (Å²) in [7, 11) is 0. The van der Waals surface area contributed by atoms with E-state index in [-0.39, 0.29) is 35.7 Å². The molecule has 0 spiro atoms. The van der Waals surface area contributed by atoms with Gasteiger partial charge in [0.05, 0.1) is 41.2 Å². The second-order valence-electron chi connectivity index (χ2n) is 16.2. The van der Waals surface area contributed by atoms with Crippen LogP contribution in [0, 0.1) is 11.8 Å². The standard InChI is InChI=1S/C44H49N11O3/c1-25(2)37(52-43-45-15-16-46-43)41(56)54-18-5-7-35(54)39-48-24-34(51-39)31-12-11-27-21-28(9-10-29(27)22-31)30-13-14-32-33(23-30)50-40(49-32)36-8-6-19-55(36)42(57)38(26(3)4)53-44-47-17-20-58-44/h9-17,20-26,35-38H,5-8,18-19H2,1-4H3,(H,47,53)(H,48,51)(H,49,50)(H2,45,46,52). The Bertz CT molecular complexity index is 2540. The van der Waals surface area contributed by atoms with E-state index in [1.54, 1.807) is 18.6 Å². The topological polar surface area (TPSA) is 177 Å². The first kappa shape index (κ1) is 37.2. The van der Waals surface area contributed by atoms with Gasteiger partial charge in [0.2, 0.25) is 17.8 Å². The van der Waals surface area contributed by atoms with E-state index in [1.807, 2.05) is 49.8 Å². The molecular formula is C44H49N11O3. The summed E-state index contributed by atoms with van der Waals surface area (Å²) in [5.74, 6) is 2.40. The summed E-state index contributed by atoms with van der Waals surface area (Å²) in [6.45, 7) is 9.50. The summed E-state index contributed by atoms with van der Waals surface area (Å²) >= 11 is 0. The summed E-state index contributed by atoms with van der Waals surface area (Å²) in [5.41, 5.74) is 5.94. The van der Waals surface area contributed by atoms with Gasteiger partial charge in [0, 0.05) is 31.0 Å².